The molecule has 0 atom stereocenters. The molecule has 4 rings (SSSR count). The molecule has 4 aromatic rings. The van der Waals surface area contributed by atoms with Crippen molar-refractivity contribution >= 4 is 38.4 Å². The van der Waals surface area contributed by atoms with Crippen LogP contribution >= 0.6 is 27.5 Å². The molecule has 2 aromatic heterocycles. The van der Waals surface area contributed by atoms with Crippen molar-refractivity contribution in [2.75, 3.05) is 0 Å². The fourth-order valence-electron chi connectivity index (χ4n) is 3.16. The first-order valence-electron chi connectivity index (χ1n) is 8.51. The van der Waals surface area contributed by atoms with Gasteiger partial charge in [-0.3, -0.25) is 9.36 Å². The van der Waals surface area contributed by atoms with Gasteiger partial charge in [-0.15, -0.1) is 0 Å². The maximum atomic E-state index is 6.35. The number of benzene rings is 2. The second-order valence-corrected chi connectivity index (χ2v) is 7.11. The molecule has 4 nitrogen and oxygen atoms in total. The van der Waals surface area contributed by atoms with Crippen molar-refractivity contribution in [1.29, 1.82) is 0 Å². The molecule has 0 unspecified atom stereocenters. The molecule has 0 saturated heterocycles. The maximum Gasteiger partial charge on any atom is 0.0736 e. The highest BCUT2D eigenvalue weighted by Gasteiger charge is 2.13. The lowest BCUT2D eigenvalue weighted by atomic mass is 10.1. The number of hydrogen-bond acceptors (Lipinski definition) is 2. The zero-order valence-corrected chi connectivity index (χ0v) is 16.7. The molecule has 0 fully saturated rings. The van der Waals surface area contributed by atoms with E-state index in [1.165, 1.54) is 0 Å². The van der Waals surface area contributed by atoms with Crippen molar-refractivity contribution in [3.63, 3.8) is 0 Å². The predicted molar refractivity (Wildman–Crippen MR) is 110 cm³/mol. The predicted octanol–water partition coefficient (Wildman–Crippen LogP) is 5.52. The number of hydrogen-bond donors (Lipinski definition) is 0. The third-order valence-electron chi connectivity index (χ3n) is 4.49. The van der Waals surface area contributed by atoms with E-state index in [2.05, 4.69) is 52.2 Å². The van der Waals surface area contributed by atoms with Gasteiger partial charge in [0.1, 0.15) is 0 Å². The Bertz CT molecular complexity index is 1070. The summed E-state index contributed by atoms with van der Waals surface area (Å²) in [7, 11) is 0. The van der Waals surface area contributed by atoms with Gasteiger partial charge < -0.3 is 0 Å². The summed E-state index contributed by atoms with van der Waals surface area (Å²) in [6, 6.07) is 16.4. The molecule has 0 bridgehead atoms. The van der Waals surface area contributed by atoms with Crippen molar-refractivity contribution in [1.82, 2.24) is 19.6 Å². The quantitative estimate of drug-likeness (QED) is 0.392. The van der Waals surface area contributed by atoms with Crippen molar-refractivity contribution in [2.45, 2.75) is 25.3 Å². The van der Waals surface area contributed by atoms with Gasteiger partial charge in [-0.2, -0.15) is 10.2 Å². The number of halogens is 2. The van der Waals surface area contributed by atoms with Crippen LogP contribution in [-0.2, 0) is 18.4 Å². The fourth-order valence-corrected chi connectivity index (χ4v) is 3.63. The van der Waals surface area contributed by atoms with Gasteiger partial charge in [0.2, 0.25) is 0 Å². The highest BCUT2D eigenvalue weighted by molar-refractivity contribution is 9.08. The Kier molecular flexibility index (Phi) is 4.83. The monoisotopic (exact) mass is 428 g/mol. The summed E-state index contributed by atoms with van der Waals surface area (Å²) in [6.07, 6.45) is 1.91. The number of nitrogens with zero attached hydrogens (tertiary/aromatic N) is 4. The summed E-state index contributed by atoms with van der Waals surface area (Å²) in [5.41, 5.74) is 5.39. The molecule has 26 heavy (non-hydrogen) atoms. The molecule has 132 valence electrons. The number of aryl methyl sites for hydroxylation is 1. The molecule has 2 heterocycles. The van der Waals surface area contributed by atoms with Gasteiger partial charge in [0.25, 0.3) is 0 Å². The molecule has 0 radical (unpaired) electrons. The van der Waals surface area contributed by atoms with Crippen LogP contribution in [-0.4, -0.2) is 19.6 Å². The minimum absolute atomic E-state index is 0.632. The number of rotatable bonds is 5. The third kappa shape index (κ3) is 3.17. The van der Waals surface area contributed by atoms with Crippen LogP contribution < -0.4 is 0 Å². The fraction of sp³-hybridized carbons (Fsp3) is 0.200. The van der Waals surface area contributed by atoms with E-state index >= 15 is 0 Å². The Balaban J connectivity index is 1.81. The summed E-state index contributed by atoms with van der Waals surface area (Å²) in [6.45, 7) is 3.58. The van der Waals surface area contributed by atoms with Gasteiger partial charge >= 0.3 is 0 Å². The van der Waals surface area contributed by atoms with E-state index in [1.54, 1.807) is 0 Å². The van der Waals surface area contributed by atoms with Gasteiger partial charge in [-0.05, 0) is 30.7 Å². The molecule has 0 spiro atoms. The lowest BCUT2D eigenvalue weighted by molar-refractivity contribution is 0.682. The van der Waals surface area contributed by atoms with Gasteiger partial charge in [-0.1, -0.05) is 57.9 Å². The minimum atomic E-state index is 0.632. The molecule has 0 aliphatic rings. The average Bonchev–Trinajstić information content (AvgIpc) is 3.26. The van der Waals surface area contributed by atoms with Crippen LogP contribution in [0.2, 0.25) is 5.02 Å². The molecule has 0 saturated carbocycles. The molecule has 0 aliphatic heterocycles. The van der Waals surface area contributed by atoms with E-state index in [0.717, 1.165) is 45.0 Å². The molecule has 0 aliphatic carbocycles. The van der Waals surface area contributed by atoms with E-state index in [9.17, 15) is 0 Å². The van der Waals surface area contributed by atoms with Crippen LogP contribution in [0, 0.1) is 0 Å². The van der Waals surface area contributed by atoms with Crippen molar-refractivity contribution in [2.24, 2.45) is 0 Å². The van der Waals surface area contributed by atoms with Crippen LogP contribution in [0.15, 0.2) is 54.7 Å². The van der Waals surface area contributed by atoms with Gasteiger partial charge in [-0.25, -0.2) is 0 Å². The lowest BCUT2D eigenvalue weighted by Gasteiger charge is -2.10. The summed E-state index contributed by atoms with van der Waals surface area (Å²) < 4.78 is 4.03. The first-order valence-corrected chi connectivity index (χ1v) is 10.0. The van der Waals surface area contributed by atoms with Gasteiger partial charge in [0.05, 0.1) is 29.6 Å². The van der Waals surface area contributed by atoms with E-state index in [-0.39, 0.29) is 0 Å². The van der Waals surface area contributed by atoms with E-state index < -0.39 is 0 Å². The average molecular weight is 430 g/mol. The second-order valence-electron chi connectivity index (χ2n) is 6.14. The SMILES string of the molecule is CCn1ncc2ccc(-c3cc(CBr)nn3Cc3ccccc3Cl)cc21. The van der Waals surface area contributed by atoms with Crippen LogP contribution in [0.1, 0.15) is 18.2 Å². The van der Waals surface area contributed by atoms with Crippen LogP contribution in [0.3, 0.4) is 0 Å². The summed E-state index contributed by atoms with van der Waals surface area (Å²) in [4.78, 5) is 0. The van der Waals surface area contributed by atoms with Crippen molar-refractivity contribution < 1.29 is 0 Å². The molecule has 0 N–H and O–H groups in total. The Morgan fingerprint density at radius 3 is 2.69 bits per heavy atom. The van der Waals surface area contributed by atoms with Crippen LogP contribution in [0.25, 0.3) is 22.2 Å². The van der Waals surface area contributed by atoms with Crippen molar-refractivity contribution in [3.05, 3.63) is 71.0 Å². The summed E-state index contributed by atoms with van der Waals surface area (Å²) >= 11 is 9.87. The van der Waals surface area contributed by atoms with E-state index in [1.807, 2.05) is 39.8 Å². The molecule has 0 amide bonds. The Morgan fingerprint density at radius 2 is 1.92 bits per heavy atom. The first-order chi connectivity index (χ1) is 12.7. The number of aromatic nitrogens is 4. The highest BCUT2D eigenvalue weighted by atomic mass is 79.9. The smallest absolute Gasteiger partial charge is 0.0736 e. The van der Waals surface area contributed by atoms with Crippen molar-refractivity contribution in [3.8, 4) is 11.3 Å². The molecular formula is C20H18BrClN4. The second kappa shape index (κ2) is 7.25. The van der Waals surface area contributed by atoms with Crippen LogP contribution in [0.5, 0.6) is 0 Å². The Hall–Kier alpha value is -2.11. The maximum absolute atomic E-state index is 6.35. The van der Waals surface area contributed by atoms with Gasteiger partial charge in [0, 0.05) is 27.8 Å². The minimum Gasteiger partial charge on any atom is -0.265 e. The standard InChI is InChI=1S/C20H18BrClN4/c1-2-25-19-9-14(7-8-15(19)12-23-25)20-10-17(11-21)24-26(20)13-16-5-3-4-6-18(16)22/h3-10,12H,2,11,13H2,1H3. The molecule has 6 heteroatoms. The molecular weight excluding hydrogens is 412 g/mol. The zero-order valence-electron chi connectivity index (χ0n) is 14.4. The first kappa shape index (κ1) is 17.3. The highest BCUT2D eigenvalue weighted by Crippen LogP contribution is 2.27. The van der Waals surface area contributed by atoms with E-state index in [4.69, 9.17) is 16.7 Å². The Labute approximate surface area is 165 Å². The largest absolute Gasteiger partial charge is 0.265 e. The number of fused-ring (bicyclic) bond motifs is 1. The Morgan fingerprint density at radius 1 is 1.08 bits per heavy atom. The lowest BCUT2D eigenvalue weighted by Crippen LogP contribution is -2.05. The topological polar surface area (TPSA) is 35.6 Å². The number of alkyl halides is 1. The summed E-state index contributed by atoms with van der Waals surface area (Å²) in [5.74, 6) is 0. The molecule has 2 aromatic carbocycles. The zero-order chi connectivity index (χ0) is 18.1. The summed E-state index contributed by atoms with van der Waals surface area (Å²) in [5, 5.41) is 11.8. The normalized spacial score (nSPS) is 11.3. The third-order valence-corrected chi connectivity index (χ3v) is 5.43. The van der Waals surface area contributed by atoms with Crippen LogP contribution in [0.4, 0.5) is 0 Å². The van der Waals surface area contributed by atoms with Gasteiger partial charge in [0.15, 0.2) is 0 Å². The van der Waals surface area contributed by atoms with E-state index in [0.29, 0.717) is 11.9 Å².